The van der Waals surface area contributed by atoms with Gasteiger partial charge in [0.25, 0.3) is 0 Å². The van der Waals surface area contributed by atoms with E-state index in [2.05, 4.69) is 0 Å². The van der Waals surface area contributed by atoms with Crippen LogP contribution in [-0.2, 0) is 0 Å². The molecule has 1 aliphatic heterocycles. The van der Waals surface area contributed by atoms with E-state index in [-0.39, 0.29) is 0 Å². The van der Waals surface area contributed by atoms with Crippen LogP contribution in [0.2, 0.25) is 0 Å². The zero-order valence-corrected chi connectivity index (χ0v) is 4.68. The largest absolute Gasteiger partial charge is 0.300 e. The number of likely N-dealkylation sites (N-methyl/N-ethyl adjacent to an activating group) is 1. The van der Waals surface area contributed by atoms with Crippen molar-refractivity contribution >= 4 is 0 Å². The van der Waals surface area contributed by atoms with Crippen LogP contribution in [0, 0.1) is 0 Å². The zero-order chi connectivity index (χ0) is 5.65. The van der Waals surface area contributed by atoms with Gasteiger partial charge in [0.1, 0.15) is 5.79 Å². The van der Waals surface area contributed by atoms with Crippen molar-refractivity contribution in [1.29, 1.82) is 0 Å². The fourth-order valence-corrected chi connectivity index (χ4v) is 0.634. The quantitative estimate of drug-likeness (QED) is 0.300. The summed E-state index contributed by atoms with van der Waals surface area (Å²) in [6.07, 6.45) is 0. The molecular formula is C4H11N3. The van der Waals surface area contributed by atoms with Crippen LogP contribution in [0.3, 0.4) is 0 Å². The second-order valence-corrected chi connectivity index (χ2v) is 2.17. The Bertz CT molecular complexity index is 78.9. The topological polar surface area (TPSA) is 55.0 Å². The van der Waals surface area contributed by atoms with Gasteiger partial charge in [-0.05, 0) is 14.0 Å². The van der Waals surface area contributed by atoms with Crippen LogP contribution in [0.5, 0.6) is 0 Å². The third kappa shape index (κ3) is 0.459. The Morgan fingerprint density at radius 1 is 1.57 bits per heavy atom. The van der Waals surface area contributed by atoms with Crippen molar-refractivity contribution in [2.24, 2.45) is 11.5 Å². The van der Waals surface area contributed by atoms with Crippen LogP contribution < -0.4 is 11.5 Å². The van der Waals surface area contributed by atoms with E-state index in [1.165, 1.54) is 0 Å². The lowest BCUT2D eigenvalue weighted by molar-refractivity contribution is 0.489. The summed E-state index contributed by atoms with van der Waals surface area (Å²) in [5.41, 5.74) is 10.9. The van der Waals surface area contributed by atoms with Crippen LogP contribution in [0.4, 0.5) is 0 Å². The number of hydrogen-bond acceptors (Lipinski definition) is 3. The van der Waals surface area contributed by atoms with Crippen LogP contribution in [0.25, 0.3) is 0 Å². The second kappa shape index (κ2) is 0.992. The Morgan fingerprint density at radius 3 is 1.71 bits per heavy atom. The summed E-state index contributed by atoms with van der Waals surface area (Å²) in [6.45, 7) is 2.00. The average molecular weight is 101 g/mol. The molecule has 0 radical (unpaired) electrons. The standard InChI is InChI=1S/C4H11N3/c1-3-4(5,6)7(3)2/h3H,5-6H2,1-2H3. The first kappa shape index (κ1) is 5.03. The third-order valence-corrected chi connectivity index (χ3v) is 1.79. The van der Waals surface area contributed by atoms with Crippen molar-refractivity contribution in [3.63, 3.8) is 0 Å². The van der Waals surface area contributed by atoms with Crippen LogP contribution >= 0.6 is 0 Å². The molecule has 0 spiro atoms. The maximum atomic E-state index is 5.46. The van der Waals surface area contributed by atoms with Gasteiger partial charge in [0.15, 0.2) is 0 Å². The Balaban J connectivity index is 2.52. The molecular weight excluding hydrogens is 90.1 g/mol. The maximum absolute atomic E-state index is 5.46. The number of nitrogens with zero attached hydrogens (tertiary/aromatic N) is 1. The van der Waals surface area contributed by atoms with Gasteiger partial charge < -0.3 is 0 Å². The van der Waals surface area contributed by atoms with E-state index in [0.717, 1.165) is 0 Å². The van der Waals surface area contributed by atoms with Gasteiger partial charge in [0.2, 0.25) is 0 Å². The lowest BCUT2D eigenvalue weighted by Gasteiger charge is -1.96. The lowest BCUT2D eigenvalue weighted by atomic mass is 10.4. The van der Waals surface area contributed by atoms with E-state index >= 15 is 0 Å². The number of rotatable bonds is 0. The summed E-state index contributed by atoms with van der Waals surface area (Å²) in [4.78, 5) is 1.91. The molecule has 1 fully saturated rings. The number of hydrogen-bond donors (Lipinski definition) is 2. The molecule has 0 aromatic carbocycles. The van der Waals surface area contributed by atoms with Gasteiger partial charge in [-0.3, -0.25) is 16.4 Å². The van der Waals surface area contributed by atoms with Crippen molar-refractivity contribution in [2.45, 2.75) is 18.8 Å². The predicted octanol–water partition coefficient (Wildman–Crippen LogP) is -1.11. The van der Waals surface area contributed by atoms with Gasteiger partial charge in [-0.1, -0.05) is 0 Å². The molecule has 0 aliphatic carbocycles. The Kier molecular flexibility index (Phi) is 0.712. The van der Waals surface area contributed by atoms with Crippen molar-refractivity contribution in [3.8, 4) is 0 Å². The Hall–Kier alpha value is -0.120. The highest BCUT2D eigenvalue weighted by Gasteiger charge is 2.51. The highest BCUT2D eigenvalue weighted by Crippen LogP contribution is 2.26. The summed E-state index contributed by atoms with van der Waals surface area (Å²) < 4.78 is 0. The summed E-state index contributed by atoms with van der Waals surface area (Å²) in [5.74, 6) is -0.500. The molecule has 0 bridgehead atoms. The molecule has 1 aliphatic rings. The van der Waals surface area contributed by atoms with E-state index in [0.29, 0.717) is 6.04 Å². The first-order valence-electron chi connectivity index (χ1n) is 2.37. The highest BCUT2D eigenvalue weighted by atomic mass is 15.5. The average Bonchev–Trinajstić information content (AvgIpc) is 1.91. The van der Waals surface area contributed by atoms with Crippen LogP contribution in [0.15, 0.2) is 0 Å². The monoisotopic (exact) mass is 101 g/mol. The summed E-state index contributed by atoms with van der Waals surface area (Å²) >= 11 is 0. The molecule has 0 amide bonds. The molecule has 3 heteroatoms. The van der Waals surface area contributed by atoms with Gasteiger partial charge in [-0.15, -0.1) is 0 Å². The molecule has 1 rings (SSSR count). The zero-order valence-electron chi connectivity index (χ0n) is 4.68. The van der Waals surface area contributed by atoms with Gasteiger partial charge in [-0.2, -0.15) is 0 Å². The van der Waals surface area contributed by atoms with Gasteiger partial charge in [0.05, 0.1) is 6.04 Å². The molecule has 2 unspecified atom stereocenters. The third-order valence-electron chi connectivity index (χ3n) is 1.79. The van der Waals surface area contributed by atoms with Crippen molar-refractivity contribution in [1.82, 2.24) is 4.90 Å². The summed E-state index contributed by atoms with van der Waals surface area (Å²) in [6, 6.07) is 0.354. The lowest BCUT2D eigenvalue weighted by Crippen LogP contribution is -2.40. The molecule has 2 atom stereocenters. The van der Waals surface area contributed by atoms with E-state index in [4.69, 9.17) is 11.5 Å². The first-order chi connectivity index (χ1) is 3.07. The first-order valence-corrected chi connectivity index (χ1v) is 2.37. The molecule has 0 aromatic rings. The van der Waals surface area contributed by atoms with Crippen molar-refractivity contribution < 1.29 is 0 Å². The molecule has 42 valence electrons. The summed E-state index contributed by atoms with van der Waals surface area (Å²) in [7, 11) is 1.91. The van der Waals surface area contributed by atoms with Crippen LogP contribution in [0.1, 0.15) is 6.92 Å². The molecule has 7 heavy (non-hydrogen) atoms. The fraction of sp³-hybridized carbons (Fsp3) is 1.00. The Morgan fingerprint density at radius 2 is 1.71 bits per heavy atom. The van der Waals surface area contributed by atoms with Gasteiger partial charge in [0, 0.05) is 0 Å². The molecule has 0 saturated carbocycles. The fourth-order valence-electron chi connectivity index (χ4n) is 0.634. The molecule has 4 N–H and O–H groups in total. The highest BCUT2D eigenvalue weighted by molar-refractivity contribution is 5.03. The normalized spacial score (nSPS) is 46.3. The van der Waals surface area contributed by atoms with E-state index in [1.807, 2.05) is 18.9 Å². The van der Waals surface area contributed by atoms with Crippen LogP contribution in [-0.4, -0.2) is 23.8 Å². The summed E-state index contributed by atoms with van der Waals surface area (Å²) in [5, 5.41) is 0. The van der Waals surface area contributed by atoms with E-state index in [1.54, 1.807) is 0 Å². The molecule has 1 heterocycles. The van der Waals surface area contributed by atoms with Crippen molar-refractivity contribution in [3.05, 3.63) is 0 Å². The smallest absolute Gasteiger partial charge is 0.137 e. The molecule has 1 saturated heterocycles. The SMILES string of the molecule is CC1N(C)C1(N)N. The minimum Gasteiger partial charge on any atom is -0.300 e. The van der Waals surface area contributed by atoms with E-state index in [9.17, 15) is 0 Å². The second-order valence-electron chi connectivity index (χ2n) is 2.17. The molecule has 0 aromatic heterocycles. The predicted molar refractivity (Wildman–Crippen MR) is 28.3 cm³/mol. The minimum absolute atomic E-state index is 0.354. The number of nitrogens with two attached hydrogens (primary N) is 2. The maximum Gasteiger partial charge on any atom is 0.137 e. The minimum atomic E-state index is -0.500. The van der Waals surface area contributed by atoms with E-state index < -0.39 is 5.79 Å². The van der Waals surface area contributed by atoms with Crippen molar-refractivity contribution in [2.75, 3.05) is 7.05 Å². The van der Waals surface area contributed by atoms with Gasteiger partial charge >= 0.3 is 0 Å². The Labute approximate surface area is 43.3 Å². The van der Waals surface area contributed by atoms with Gasteiger partial charge in [-0.25, -0.2) is 0 Å². The molecule has 3 nitrogen and oxygen atoms in total.